The Labute approximate surface area is 244 Å². The van der Waals surface area contributed by atoms with Crippen molar-refractivity contribution in [1.29, 1.82) is 0 Å². The number of amides is 2. The lowest BCUT2D eigenvalue weighted by atomic mass is 10.0. The van der Waals surface area contributed by atoms with Crippen LogP contribution in [0.5, 0.6) is 11.5 Å². The van der Waals surface area contributed by atoms with Crippen LogP contribution < -0.4 is 14.8 Å². The predicted octanol–water partition coefficient (Wildman–Crippen LogP) is 5.38. The number of para-hydroxylation sites is 1. The van der Waals surface area contributed by atoms with Crippen molar-refractivity contribution in [3.63, 3.8) is 0 Å². The summed E-state index contributed by atoms with van der Waals surface area (Å²) in [5.41, 5.74) is 2.33. The van der Waals surface area contributed by atoms with E-state index in [0.717, 1.165) is 16.8 Å². The van der Waals surface area contributed by atoms with Gasteiger partial charge in [-0.15, -0.1) is 16.4 Å². The molecule has 0 bridgehead atoms. The number of carbonyl (C=O) groups is 2. The third kappa shape index (κ3) is 5.46. The Morgan fingerprint density at radius 1 is 1.07 bits per heavy atom. The highest BCUT2D eigenvalue weighted by Crippen LogP contribution is 2.35. The van der Waals surface area contributed by atoms with Crippen LogP contribution in [0.1, 0.15) is 18.9 Å². The fourth-order valence-corrected chi connectivity index (χ4v) is 5.42. The minimum atomic E-state index is -1.27. The van der Waals surface area contributed by atoms with E-state index in [1.165, 1.54) is 20.9 Å². The molecule has 0 aliphatic carbocycles. The SMILES string of the molecule is CC(C)(C(=O)Nc1ccc2c(c1)OCO2)N(Cc1nc(-c2ccc(Cl)cc2)cs1)C(=O)Cn1nnc2ccccc21. The van der Waals surface area contributed by atoms with Gasteiger partial charge in [0, 0.05) is 27.7 Å². The lowest BCUT2D eigenvalue weighted by molar-refractivity contribution is -0.145. The number of rotatable bonds is 8. The number of hydrogen-bond donors (Lipinski definition) is 1. The molecule has 12 heteroatoms. The lowest BCUT2D eigenvalue weighted by Gasteiger charge is -2.37. The smallest absolute Gasteiger partial charge is 0.249 e. The molecule has 6 rings (SSSR count). The van der Waals surface area contributed by atoms with E-state index in [9.17, 15) is 9.59 Å². The third-order valence-electron chi connectivity index (χ3n) is 6.85. The highest BCUT2D eigenvalue weighted by atomic mass is 35.5. The van der Waals surface area contributed by atoms with Crippen molar-refractivity contribution in [2.24, 2.45) is 0 Å². The molecule has 10 nitrogen and oxygen atoms in total. The number of hydrogen-bond acceptors (Lipinski definition) is 8. The van der Waals surface area contributed by atoms with Crippen LogP contribution in [0.15, 0.2) is 72.1 Å². The number of benzene rings is 3. The summed E-state index contributed by atoms with van der Waals surface area (Å²) < 4.78 is 12.3. The maximum absolute atomic E-state index is 13.9. The summed E-state index contributed by atoms with van der Waals surface area (Å²) in [6, 6.07) is 20.0. The van der Waals surface area contributed by atoms with E-state index in [1.54, 1.807) is 44.2 Å². The standard InChI is InChI=1S/C29H25ClN6O4S/c1-29(2,28(38)31-20-11-12-24-25(13-20)40-17-39-24)35(27(37)15-36-23-6-4-3-5-21(23)33-34-36)14-26-32-22(16-41-26)18-7-9-19(30)10-8-18/h3-13,16H,14-15,17H2,1-2H3,(H,31,38). The molecule has 0 radical (unpaired) electrons. The zero-order chi connectivity index (χ0) is 28.6. The van der Waals surface area contributed by atoms with Gasteiger partial charge in [0.05, 0.1) is 17.8 Å². The van der Waals surface area contributed by atoms with E-state index in [0.29, 0.717) is 32.7 Å². The number of ether oxygens (including phenoxy) is 2. The monoisotopic (exact) mass is 588 g/mol. The Kier molecular flexibility index (Phi) is 7.06. The summed E-state index contributed by atoms with van der Waals surface area (Å²) in [4.78, 5) is 33.9. The van der Waals surface area contributed by atoms with E-state index in [4.69, 9.17) is 26.1 Å². The highest BCUT2D eigenvalue weighted by molar-refractivity contribution is 7.09. The Hall–Kier alpha value is -4.48. The largest absolute Gasteiger partial charge is 0.454 e. The molecule has 208 valence electrons. The molecule has 3 heterocycles. The summed E-state index contributed by atoms with van der Waals surface area (Å²) in [7, 11) is 0. The van der Waals surface area contributed by atoms with Gasteiger partial charge in [0.15, 0.2) is 11.5 Å². The molecule has 0 saturated carbocycles. The first-order valence-electron chi connectivity index (χ1n) is 12.8. The molecular formula is C29H25ClN6O4S. The first-order valence-corrected chi connectivity index (χ1v) is 14.0. The third-order valence-corrected chi connectivity index (χ3v) is 7.94. The molecule has 0 atom stereocenters. The normalized spacial score (nSPS) is 12.5. The minimum absolute atomic E-state index is 0.101. The first-order chi connectivity index (χ1) is 19.8. The van der Waals surface area contributed by atoms with Gasteiger partial charge in [0.2, 0.25) is 18.6 Å². The Morgan fingerprint density at radius 2 is 1.85 bits per heavy atom. The molecule has 1 aliphatic rings. The van der Waals surface area contributed by atoms with E-state index >= 15 is 0 Å². The number of thiazole rings is 1. The summed E-state index contributed by atoms with van der Waals surface area (Å²) in [6.45, 7) is 3.56. The maximum atomic E-state index is 13.9. The van der Waals surface area contributed by atoms with E-state index < -0.39 is 5.54 Å². The second-order valence-corrected chi connectivity index (χ2v) is 11.3. The van der Waals surface area contributed by atoms with Gasteiger partial charge in [-0.2, -0.15) is 0 Å². The van der Waals surface area contributed by atoms with Gasteiger partial charge in [-0.1, -0.05) is 41.1 Å². The van der Waals surface area contributed by atoms with Crippen molar-refractivity contribution in [1.82, 2.24) is 24.9 Å². The molecule has 1 aliphatic heterocycles. The van der Waals surface area contributed by atoms with E-state index in [-0.39, 0.29) is 31.7 Å². The maximum Gasteiger partial charge on any atom is 0.249 e. The molecule has 5 aromatic rings. The Balaban J connectivity index is 1.28. The van der Waals surface area contributed by atoms with Crippen molar-refractivity contribution >= 4 is 51.5 Å². The highest BCUT2D eigenvalue weighted by Gasteiger charge is 2.39. The van der Waals surface area contributed by atoms with Crippen LogP contribution in [0.3, 0.4) is 0 Å². The van der Waals surface area contributed by atoms with Crippen LogP contribution in [0.4, 0.5) is 5.69 Å². The number of anilines is 1. The molecule has 2 aromatic heterocycles. The van der Waals surface area contributed by atoms with Crippen LogP contribution in [-0.2, 0) is 22.7 Å². The van der Waals surface area contributed by atoms with Gasteiger partial charge < -0.3 is 19.7 Å². The fraction of sp³-hybridized carbons (Fsp3) is 0.207. The van der Waals surface area contributed by atoms with E-state index in [2.05, 4.69) is 15.6 Å². The van der Waals surface area contributed by atoms with Crippen LogP contribution in [0.2, 0.25) is 5.02 Å². The topological polar surface area (TPSA) is 111 Å². The second-order valence-electron chi connectivity index (χ2n) is 9.93. The number of nitrogens with zero attached hydrogens (tertiary/aromatic N) is 5. The Morgan fingerprint density at radius 3 is 2.68 bits per heavy atom. The molecule has 0 unspecified atom stereocenters. The summed E-state index contributed by atoms with van der Waals surface area (Å²) in [5.74, 6) is 0.473. The van der Waals surface area contributed by atoms with Crippen LogP contribution >= 0.6 is 22.9 Å². The van der Waals surface area contributed by atoms with Crippen molar-refractivity contribution in [3.8, 4) is 22.8 Å². The molecule has 3 aromatic carbocycles. The van der Waals surface area contributed by atoms with Crippen LogP contribution in [-0.4, -0.2) is 49.0 Å². The van der Waals surface area contributed by atoms with Crippen molar-refractivity contribution < 1.29 is 19.1 Å². The van der Waals surface area contributed by atoms with E-state index in [1.807, 2.05) is 41.8 Å². The van der Waals surface area contributed by atoms with Gasteiger partial charge in [0.1, 0.15) is 22.6 Å². The molecule has 0 saturated heterocycles. The molecule has 2 amide bonds. The van der Waals surface area contributed by atoms with Gasteiger partial charge in [-0.3, -0.25) is 9.59 Å². The quantitative estimate of drug-likeness (QED) is 0.259. The average Bonchev–Trinajstić information content (AvgIpc) is 3.72. The van der Waals surface area contributed by atoms with Crippen LogP contribution in [0.25, 0.3) is 22.3 Å². The van der Waals surface area contributed by atoms with Gasteiger partial charge in [-0.05, 0) is 50.2 Å². The van der Waals surface area contributed by atoms with Crippen molar-refractivity contribution in [2.45, 2.75) is 32.5 Å². The molecule has 0 spiro atoms. The number of fused-ring (bicyclic) bond motifs is 2. The van der Waals surface area contributed by atoms with Gasteiger partial charge >= 0.3 is 0 Å². The molecule has 0 fully saturated rings. The minimum Gasteiger partial charge on any atom is -0.454 e. The Bertz CT molecular complexity index is 1750. The number of aromatic nitrogens is 4. The van der Waals surface area contributed by atoms with Gasteiger partial charge in [0.25, 0.3) is 0 Å². The summed E-state index contributed by atoms with van der Waals surface area (Å²) in [5, 5.41) is 14.5. The van der Waals surface area contributed by atoms with Crippen LogP contribution in [0, 0.1) is 0 Å². The zero-order valence-corrected chi connectivity index (χ0v) is 23.8. The molecule has 41 heavy (non-hydrogen) atoms. The van der Waals surface area contributed by atoms with Gasteiger partial charge in [-0.25, -0.2) is 9.67 Å². The zero-order valence-electron chi connectivity index (χ0n) is 22.2. The molecule has 1 N–H and O–H groups in total. The lowest BCUT2D eigenvalue weighted by Crippen LogP contribution is -2.55. The average molecular weight is 589 g/mol. The van der Waals surface area contributed by atoms with Crippen molar-refractivity contribution in [3.05, 3.63) is 82.1 Å². The predicted molar refractivity (Wildman–Crippen MR) is 156 cm³/mol. The number of nitrogens with one attached hydrogen (secondary N) is 1. The molecular weight excluding hydrogens is 564 g/mol. The summed E-state index contributed by atoms with van der Waals surface area (Å²) >= 11 is 7.46. The second kappa shape index (κ2) is 10.8. The number of halogens is 1. The summed E-state index contributed by atoms with van der Waals surface area (Å²) in [6.07, 6.45) is 0. The first kappa shape index (κ1) is 26.7. The van der Waals surface area contributed by atoms with Crippen molar-refractivity contribution in [2.75, 3.05) is 12.1 Å². The fourth-order valence-electron chi connectivity index (χ4n) is 4.50. The number of carbonyl (C=O) groups excluding carboxylic acids is 2.